The Balaban J connectivity index is 2.13. The third-order valence-electron chi connectivity index (χ3n) is 3.17. The fourth-order valence-corrected chi connectivity index (χ4v) is 1.85. The highest BCUT2D eigenvalue weighted by atomic mass is 16.7. The maximum Gasteiger partial charge on any atom is 0.410 e. The molecule has 0 aliphatic carbocycles. The van der Waals surface area contributed by atoms with Crippen molar-refractivity contribution in [3.05, 3.63) is 23.8 Å². The van der Waals surface area contributed by atoms with Gasteiger partial charge in [0.2, 0.25) is 6.75 Å². The third kappa shape index (κ3) is 3.50. The van der Waals surface area contributed by atoms with E-state index in [-0.39, 0.29) is 22.8 Å². The highest BCUT2D eigenvalue weighted by Crippen LogP contribution is 2.33. The summed E-state index contributed by atoms with van der Waals surface area (Å²) in [5, 5.41) is 0. The van der Waals surface area contributed by atoms with E-state index in [1.807, 2.05) is 0 Å². The number of hydrogen-bond acceptors (Lipinski definition) is 5. The molecule has 1 aliphatic heterocycles. The van der Waals surface area contributed by atoms with E-state index in [9.17, 15) is 9.59 Å². The topological polar surface area (TPSA) is 65.1 Å². The molecule has 0 spiro atoms. The number of nitrogens with zero attached hydrogens (tertiary/aromatic N) is 1. The zero-order chi connectivity index (χ0) is 18.3. The molecule has 120 valence electrons. The maximum atomic E-state index is 12.6. The molecular weight excluding hydrogens is 286 g/mol. The van der Waals surface area contributed by atoms with Crippen molar-refractivity contribution in [1.82, 2.24) is 4.90 Å². The Morgan fingerprint density at radius 2 is 1.95 bits per heavy atom. The van der Waals surface area contributed by atoms with E-state index in [4.69, 9.17) is 17.0 Å². The van der Waals surface area contributed by atoms with Crippen molar-refractivity contribution in [3.8, 4) is 11.5 Å². The number of ketones is 1. The van der Waals surface area contributed by atoms with Gasteiger partial charge in [-0.3, -0.25) is 4.79 Å². The van der Waals surface area contributed by atoms with Crippen molar-refractivity contribution >= 4 is 11.9 Å². The molecule has 0 aromatic heterocycles. The highest BCUT2D eigenvalue weighted by molar-refractivity contribution is 6.01. The average Bonchev–Trinajstić information content (AvgIpc) is 2.75. The van der Waals surface area contributed by atoms with Gasteiger partial charge in [-0.25, -0.2) is 4.79 Å². The number of fused-ring (bicyclic) bond motifs is 1. The van der Waals surface area contributed by atoms with Gasteiger partial charge < -0.3 is 19.1 Å². The minimum atomic E-state index is -2.25. The standard InChI is InChI=1S/C16H21NO5/c1-10(17(5)15(19)22-16(2,3)4)14(18)11-6-7-12-13(8-11)21-9-20-12/h6-8,10H,9H2,1-5H3/i9D2. The molecule has 1 aliphatic rings. The molecule has 0 bridgehead atoms. The summed E-state index contributed by atoms with van der Waals surface area (Å²) < 4.78 is 30.0. The fourth-order valence-electron chi connectivity index (χ4n) is 1.85. The number of ether oxygens (including phenoxy) is 3. The van der Waals surface area contributed by atoms with E-state index in [0.29, 0.717) is 0 Å². The summed E-state index contributed by atoms with van der Waals surface area (Å²) in [5.74, 6) is 0.0601. The molecule has 1 heterocycles. The SMILES string of the molecule is [2H]C1([2H])Oc2ccc(C(=O)C(C)N(C)C(=O)OC(C)(C)C)cc2O1. The van der Waals surface area contributed by atoms with Crippen LogP contribution in [0.5, 0.6) is 11.5 Å². The van der Waals surface area contributed by atoms with Crippen LogP contribution in [-0.2, 0) is 4.74 Å². The van der Waals surface area contributed by atoms with Crippen LogP contribution < -0.4 is 9.47 Å². The summed E-state index contributed by atoms with van der Waals surface area (Å²) in [4.78, 5) is 25.9. The molecule has 1 atom stereocenters. The second-order valence-corrected chi connectivity index (χ2v) is 6.08. The number of carbonyl (C=O) groups is 2. The maximum absolute atomic E-state index is 12.6. The van der Waals surface area contributed by atoms with Gasteiger partial charge in [0.1, 0.15) is 8.34 Å². The van der Waals surface area contributed by atoms with E-state index < -0.39 is 24.5 Å². The third-order valence-corrected chi connectivity index (χ3v) is 3.17. The monoisotopic (exact) mass is 309 g/mol. The number of benzene rings is 1. The first-order valence-electron chi connectivity index (χ1n) is 7.92. The second-order valence-electron chi connectivity index (χ2n) is 6.08. The van der Waals surface area contributed by atoms with Crippen LogP contribution in [0.15, 0.2) is 18.2 Å². The second kappa shape index (κ2) is 5.87. The molecule has 6 nitrogen and oxygen atoms in total. The van der Waals surface area contributed by atoms with Gasteiger partial charge in [-0.15, -0.1) is 0 Å². The molecule has 0 saturated heterocycles. The van der Waals surface area contributed by atoms with E-state index in [2.05, 4.69) is 0 Å². The van der Waals surface area contributed by atoms with Gasteiger partial charge in [0, 0.05) is 12.6 Å². The van der Waals surface area contributed by atoms with Crippen LogP contribution in [0.1, 0.15) is 40.8 Å². The zero-order valence-corrected chi connectivity index (χ0v) is 13.3. The summed E-state index contributed by atoms with van der Waals surface area (Å²) in [6, 6.07) is 3.62. The number of carbonyl (C=O) groups excluding carboxylic acids is 2. The Morgan fingerprint density at radius 1 is 1.32 bits per heavy atom. The normalized spacial score (nSPS) is 18.0. The lowest BCUT2D eigenvalue weighted by atomic mass is 10.0. The first-order chi connectivity index (χ1) is 10.9. The Labute approximate surface area is 132 Å². The lowest BCUT2D eigenvalue weighted by Gasteiger charge is -2.28. The molecule has 0 N–H and O–H groups in total. The summed E-state index contributed by atoms with van der Waals surface area (Å²) in [6.07, 6.45) is -0.597. The molecule has 0 saturated carbocycles. The van der Waals surface area contributed by atoms with Crippen molar-refractivity contribution < 1.29 is 26.5 Å². The first-order valence-corrected chi connectivity index (χ1v) is 6.92. The summed E-state index contributed by atoms with van der Waals surface area (Å²) in [7, 11) is 1.49. The number of likely N-dealkylation sites (N-methyl/N-ethyl adjacent to an activating group) is 1. The Bertz CT molecular complexity index is 669. The molecule has 2 rings (SSSR count). The molecule has 1 aromatic rings. The number of rotatable bonds is 3. The Kier molecular flexibility index (Phi) is 3.58. The molecule has 1 amide bonds. The zero-order valence-electron chi connectivity index (χ0n) is 15.3. The van der Waals surface area contributed by atoms with E-state index in [1.54, 1.807) is 27.7 Å². The molecule has 6 heteroatoms. The van der Waals surface area contributed by atoms with Crippen molar-refractivity contribution in [2.24, 2.45) is 0 Å². The van der Waals surface area contributed by atoms with E-state index in [1.165, 1.54) is 30.1 Å². The molecule has 0 fully saturated rings. The van der Waals surface area contributed by atoms with Crippen LogP contribution in [0.25, 0.3) is 0 Å². The van der Waals surface area contributed by atoms with Crippen molar-refractivity contribution in [1.29, 1.82) is 0 Å². The summed E-state index contributed by atoms with van der Waals surface area (Å²) in [6.45, 7) is 4.59. The van der Waals surface area contributed by atoms with Crippen LogP contribution in [0.2, 0.25) is 0 Å². The minimum absolute atomic E-state index is 0.151. The summed E-state index contributed by atoms with van der Waals surface area (Å²) >= 11 is 0. The predicted octanol–water partition coefficient (Wildman–Crippen LogP) is 2.85. The Morgan fingerprint density at radius 3 is 2.59 bits per heavy atom. The molecule has 0 radical (unpaired) electrons. The number of hydrogen-bond donors (Lipinski definition) is 0. The highest BCUT2D eigenvalue weighted by Gasteiger charge is 2.28. The van der Waals surface area contributed by atoms with Gasteiger partial charge in [-0.1, -0.05) is 0 Å². The van der Waals surface area contributed by atoms with E-state index in [0.717, 1.165) is 0 Å². The van der Waals surface area contributed by atoms with Crippen LogP contribution in [-0.4, -0.2) is 42.2 Å². The van der Waals surface area contributed by atoms with Gasteiger partial charge >= 0.3 is 6.09 Å². The van der Waals surface area contributed by atoms with Crippen molar-refractivity contribution in [3.63, 3.8) is 0 Å². The van der Waals surface area contributed by atoms with Crippen LogP contribution in [0, 0.1) is 0 Å². The minimum Gasteiger partial charge on any atom is -0.454 e. The first kappa shape index (κ1) is 13.4. The molecule has 1 unspecified atom stereocenters. The van der Waals surface area contributed by atoms with Crippen LogP contribution in [0.3, 0.4) is 0 Å². The summed E-state index contributed by atoms with van der Waals surface area (Å²) in [5.41, 5.74) is -0.365. The van der Waals surface area contributed by atoms with E-state index >= 15 is 0 Å². The van der Waals surface area contributed by atoms with Crippen LogP contribution >= 0.6 is 0 Å². The van der Waals surface area contributed by atoms with Crippen molar-refractivity contribution in [2.45, 2.75) is 39.3 Å². The van der Waals surface area contributed by atoms with Gasteiger partial charge in [0.25, 0.3) is 0 Å². The van der Waals surface area contributed by atoms with Crippen molar-refractivity contribution in [2.75, 3.05) is 13.8 Å². The predicted molar refractivity (Wildman–Crippen MR) is 80.4 cm³/mol. The number of Topliss-reactive ketones (excluding diaryl/α,β-unsaturated/α-hetero) is 1. The molecular formula is C16H21NO5. The Hall–Kier alpha value is -2.24. The quantitative estimate of drug-likeness (QED) is 0.803. The van der Waals surface area contributed by atoms with Gasteiger partial charge in [-0.2, -0.15) is 0 Å². The largest absolute Gasteiger partial charge is 0.454 e. The van der Waals surface area contributed by atoms with Gasteiger partial charge in [-0.05, 0) is 45.9 Å². The van der Waals surface area contributed by atoms with Crippen LogP contribution in [0.4, 0.5) is 4.79 Å². The molecule has 22 heavy (non-hydrogen) atoms. The fraction of sp³-hybridized carbons (Fsp3) is 0.500. The number of amides is 1. The average molecular weight is 309 g/mol. The van der Waals surface area contributed by atoms with Gasteiger partial charge in [0.15, 0.2) is 17.3 Å². The smallest absolute Gasteiger partial charge is 0.410 e. The lowest BCUT2D eigenvalue weighted by Crippen LogP contribution is -2.43. The van der Waals surface area contributed by atoms with Gasteiger partial charge in [0.05, 0.1) is 6.04 Å². The molecule has 1 aromatic carbocycles. The lowest BCUT2D eigenvalue weighted by molar-refractivity contribution is 0.0231.